The SMILES string of the molecule is O=[N+]([O-])c1cc(C(F)(F)F)ccc1Oc1ccc(/C=N\Nc2nc3ccccc3s2)cc1. The van der Waals surface area contributed by atoms with Crippen LogP contribution < -0.4 is 10.2 Å². The van der Waals surface area contributed by atoms with E-state index >= 15 is 0 Å². The quantitative estimate of drug-likeness (QED) is 0.203. The van der Waals surface area contributed by atoms with Gasteiger partial charge in [-0.3, -0.25) is 15.5 Å². The number of nitrogens with zero attached hydrogens (tertiary/aromatic N) is 3. The van der Waals surface area contributed by atoms with Crippen molar-refractivity contribution in [1.29, 1.82) is 0 Å². The van der Waals surface area contributed by atoms with Crippen molar-refractivity contribution in [1.82, 2.24) is 4.98 Å². The van der Waals surface area contributed by atoms with E-state index in [4.69, 9.17) is 4.74 Å². The summed E-state index contributed by atoms with van der Waals surface area (Å²) < 4.78 is 44.9. The molecule has 32 heavy (non-hydrogen) atoms. The number of nitrogens with one attached hydrogen (secondary N) is 1. The molecular formula is C21H13F3N4O3S. The van der Waals surface area contributed by atoms with E-state index in [-0.39, 0.29) is 11.5 Å². The first-order valence-electron chi connectivity index (χ1n) is 9.08. The lowest BCUT2D eigenvalue weighted by Gasteiger charge is -2.10. The minimum absolute atomic E-state index is 0.226. The van der Waals surface area contributed by atoms with E-state index in [9.17, 15) is 23.3 Å². The Morgan fingerprint density at radius 1 is 1.09 bits per heavy atom. The fourth-order valence-electron chi connectivity index (χ4n) is 2.75. The summed E-state index contributed by atoms with van der Waals surface area (Å²) in [6.07, 6.45) is -3.14. The van der Waals surface area contributed by atoms with Crippen LogP contribution in [0.15, 0.2) is 71.8 Å². The van der Waals surface area contributed by atoms with Crippen LogP contribution in [0, 0.1) is 10.1 Å². The van der Waals surface area contributed by atoms with Crippen molar-refractivity contribution in [3.8, 4) is 11.5 Å². The van der Waals surface area contributed by atoms with Crippen LogP contribution in [0.3, 0.4) is 0 Å². The molecule has 0 spiro atoms. The molecule has 0 atom stereocenters. The fraction of sp³-hybridized carbons (Fsp3) is 0.0476. The zero-order valence-corrected chi connectivity index (χ0v) is 16.9. The van der Waals surface area contributed by atoms with Gasteiger partial charge in [0.05, 0.1) is 26.9 Å². The number of hydrogen-bond donors (Lipinski definition) is 1. The van der Waals surface area contributed by atoms with Gasteiger partial charge >= 0.3 is 11.9 Å². The molecule has 0 amide bonds. The summed E-state index contributed by atoms with van der Waals surface area (Å²) in [7, 11) is 0. The third-order valence-corrected chi connectivity index (χ3v) is 5.20. The summed E-state index contributed by atoms with van der Waals surface area (Å²) >= 11 is 1.46. The Morgan fingerprint density at radius 2 is 1.84 bits per heavy atom. The van der Waals surface area contributed by atoms with Gasteiger partial charge in [-0.2, -0.15) is 18.3 Å². The topological polar surface area (TPSA) is 89.7 Å². The van der Waals surface area contributed by atoms with Crippen molar-refractivity contribution < 1.29 is 22.8 Å². The molecule has 3 aromatic carbocycles. The number of thiazole rings is 1. The first-order valence-corrected chi connectivity index (χ1v) is 9.89. The molecule has 0 aliphatic rings. The van der Waals surface area contributed by atoms with Crippen LogP contribution in [0.5, 0.6) is 11.5 Å². The number of halogens is 3. The number of fused-ring (bicyclic) bond motifs is 1. The molecule has 0 aliphatic heterocycles. The van der Waals surface area contributed by atoms with E-state index in [1.165, 1.54) is 23.5 Å². The molecule has 0 unspecified atom stereocenters. The molecule has 1 N–H and O–H groups in total. The van der Waals surface area contributed by atoms with Crippen LogP contribution >= 0.6 is 11.3 Å². The predicted molar refractivity (Wildman–Crippen MR) is 115 cm³/mol. The lowest BCUT2D eigenvalue weighted by molar-refractivity contribution is -0.385. The van der Waals surface area contributed by atoms with Gasteiger partial charge in [-0.05, 0) is 54.1 Å². The van der Waals surface area contributed by atoms with Crippen molar-refractivity contribution in [2.45, 2.75) is 6.18 Å². The number of hydrogen-bond acceptors (Lipinski definition) is 7. The first kappa shape index (κ1) is 21.2. The molecule has 0 saturated heterocycles. The number of anilines is 1. The van der Waals surface area contributed by atoms with Gasteiger partial charge in [-0.25, -0.2) is 4.98 Å². The van der Waals surface area contributed by atoms with E-state index in [1.807, 2.05) is 24.3 Å². The van der Waals surface area contributed by atoms with Gasteiger partial charge in [0.15, 0.2) is 0 Å². The second-order valence-electron chi connectivity index (χ2n) is 6.47. The monoisotopic (exact) mass is 458 g/mol. The molecule has 1 aromatic heterocycles. The normalized spacial score (nSPS) is 11.7. The second kappa shape index (κ2) is 8.63. The van der Waals surface area contributed by atoms with Crippen LogP contribution in [0.25, 0.3) is 10.2 Å². The van der Waals surface area contributed by atoms with Gasteiger partial charge in [0.2, 0.25) is 10.9 Å². The Morgan fingerprint density at radius 3 is 2.53 bits per heavy atom. The molecule has 0 saturated carbocycles. The number of benzene rings is 3. The van der Waals surface area contributed by atoms with E-state index in [2.05, 4.69) is 15.5 Å². The highest BCUT2D eigenvalue weighted by atomic mass is 32.1. The molecule has 0 aliphatic carbocycles. The minimum Gasteiger partial charge on any atom is -0.450 e. The van der Waals surface area contributed by atoms with Crippen LogP contribution in [-0.4, -0.2) is 16.1 Å². The summed E-state index contributed by atoms with van der Waals surface area (Å²) in [4.78, 5) is 14.6. The lowest BCUT2D eigenvalue weighted by Crippen LogP contribution is -2.06. The van der Waals surface area contributed by atoms with Crippen molar-refractivity contribution in [3.63, 3.8) is 0 Å². The number of ether oxygens (including phenoxy) is 1. The Bertz CT molecular complexity index is 1270. The van der Waals surface area contributed by atoms with E-state index in [0.29, 0.717) is 16.8 Å². The van der Waals surface area contributed by atoms with E-state index < -0.39 is 22.4 Å². The highest BCUT2D eigenvalue weighted by Gasteiger charge is 2.33. The number of nitro groups is 1. The summed E-state index contributed by atoms with van der Waals surface area (Å²) in [5.74, 6) is -0.0638. The zero-order chi connectivity index (χ0) is 22.7. The Balaban J connectivity index is 1.44. The van der Waals surface area contributed by atoms with Gasteiger partial charge in [-0.15, -0.1) is 0 Å². The maximum atomic E-state index is 12.8. The highest BCUT2D eigenvalue weighted by Crippen LogP contribution is 2.37. The number of hydrazone groups is 1. The second-order valence-corrected chi connectivity index (χ2v) is 7.50. The molecule has 11 heteroatoms. The smallest absolute Gasteiger partial charge is 0.416 e. The molecule has 1 heterocycles. The van der Waals surface area contributed by atoms with E-state index in [0.717, 1.165) is 22.3 Å². The predicted octanol–water partition coefficient (Wildman–Crippen LogP) is 6.46. The third kappa shape index (κ3) is 4.83. The van der Waals surface area contributed by atoms with Crippen molar-refractivity contribution in [2.24, 2.45) is 5.10 Å². The number of alkyl halides is 3. The van der Waals surface area contributed by atoms with Crippen molar-refractivity contribution >= 4 is 38.6 Å². The standard InChI is InChI=1S/C21H13F3N4O3S/c22-21(23,24)14-7-10-18(17(11-14)28(29)30)31-15-8-5-13(6-9-15)12-25-27-20-26-16-3-1-2-4-19(16)32-20/h1-12H,(H,26,27)/b25-12-. The average Bonchev–Trinajstić information content (AvgIpc) is 3.17. The van der Waals surface area contributed by atoms with Crippen LogP contribution in [0.4, 0.5) is 24.0 Å². The molecule has 162 valence electrons. The average molecular weight is 458 g/mol. The highest BCUT2D eigenvalue weighted by molar-refractivity contribution is 7.22. The largest absolute Gasteiger partial charge is 0.450 e. The number of para-hydroxylation sites is 1. The summed E-state index contributed by atoms with van der Waals surface area (Å²) in [6, 6.07) is 16.2. The molecule has 0 fully saturated rings. The van der Waals surface area contributed by atoms with Gasteiger partial charge < -0.3 is 4.74 Å². The first-order chi connectivity index (χ1) is 15.3. The molecule has 4 aromatic rings. The maximum Gasteiger partial charge on any atom is 0.416 e. The van der Waals surface area contributed by atoms with Crippen molar-refractivity contribution in [2.75, 3.05) is 5.43 Å². The molecule has 4 rings (SSSR count). The lowest BCUT2D eigenvalue weighted by atomic mass is 10.2. The summed E-state index contributed by atoms with van der Waals surface area (Å²) in [5.41, 5.74) is 2.53. The Hall–Kier alpha value is -3.99. The van der Waals surface area contributed by atoms with Crippen LogP contribution in [0.1, 0.15) is 11.1 Å². The van der Waals surface area contributed by atoms with Crippen LogP contribution in [0.2, 0.25) is 0 Å². The molecular weight excluding hydrogens is 445 g/mol. The van der Waals surface area contributed by atoms with Crippen molar-refractivity contribution in [3.05, 3.63) is 88.0 Å². The van der Waals surface area contributed by atoms with Gasteiger partial charge in [0.25, 0.3) is 0 Å². The third-order valence-electron chi connectivity index (χ3n) is 4.26. The van der Waals surface area contributed by atoms with E-state index in [1.54, 1.807) is 18.3 Å². The molecule has 0 bridgehead atoms. The van der Waals surface area contributed by atoms with Crippen LogP contribution in [-0.2, 0) is 6.18 Å². The molecule has 0 radical (unpaired) electrons. The number of rotatable bonds is 6. The number of nitro benzene ring substituents is 1. The maximum absolute atomic E-state index is 12.8. The molecule has 7 nitrogen and oxygen atoms in total. The van der Waals surface area contributed by atoms with Gasteiger partial charge in [-0.1, -0.05) is 23.5 Å². The number of aromatic nitrogens is 1. The van der Waals surface area contributed by atoms with Gasteiger partial charge in [0.1, 0.15) is 5.75 Å². The summed E-state index contributed by atoms with van der Waals surface area (Å²) in [6.45, 7) is 0. The Kier molecular flexibility index (Phi) is 5.73. The van der Waals surface area contributed by atoms with Gasteiger partial charge in [0, 0.05) is 6.07 Å². The Labute approximate surface area is 182 Å². The fourth-order valence-corrected chi connectivity index (χ4v) is 3.57. The zero-order valence-electron chi connectivity index (χ0n) is 16.0. The summed E-state index contributed by atoms with van der Waals surface area (Å²) in [5, 5.41) is 15.9. The minimum atomic E-state index is -4.69.